The second-order valence-corrected chi connectivity index (χ2v) is 26.3. The number of piperidine rings is 3. The summed E-state index contributed by atoms with van der Waals surface area (Å²) in [5.41, 5.74) is -0.367. The van der Waals surface area contributed by atoms with E-state index in [1.54, 1.807) is 14.2 Å². The van der Waals surface area contributed by atoms with Crippen LogP contribution in [0.4, 0.5) is 0 Å². The molecule has 9 fully saturated rings. The van der Waals surface area contributed by atoms with Crippen LogP contribution in [0.2, 0.25) is 0 Å². The van der Waals surface area contributed by atoms with Crippen LogP contribution in [-0.2, 0) is 33.3 Å². The molecule has 9 rings (SSSR count). The number of aliphatic hydroxyl groups is 2. The van der Waals surface area contributed by atoms with E-state index >= 15 is 0 Å². The minimum atomic E-state index is -0.367. The van der Waals surface area contributed by atoms with E-state index in [-0.39, 0.29) is 30.2 Å². The standard InChI is InChI=1S/C7H15NO2.C6H13N.C6H12O.C6H10O.C6H12.2C5H11N.C5H12O.C5H12S.C5H10.C4H6O2.C4H8O.C4H10O.C4H10S/c1-7(2,3)10-6(9)5-8-4;1-7-5-3-2-4-6-7;2*7-6-4-2-1-3-5-6;3*1-2-4-6-5-3-1;2*1-3-4-5-6-2;1-2-4-5-3-1;5-4-2-1-3-6-4;1-2-4-5-3-1;2*1-2-3-4-5/h8H,5H2,1-4H3;2-6H2,1H3;6-7H,1-5H2;1-5H2;1-6H2;2*6H,1-5H2;2*3-5H2,1-2H3;1-5H2;1-3H2;1-4H2;2*5H,2-4H2,1H3. The number of Topliss-reactive ketones (excluding diaryl/α,β-unsaturated/α-hetero) is 1. The van der Waals surface area contributed by atoms with Gasteiger partial charge in [-0.05, 0) is 201 Å². The summed E-state index contributed by atoms with van der Waals surface area (Å²) in [5, 5.41) is 26.3. The second-order valence-electron chi connectivity index (χ2n) is 24.9. The molecular weight excluding hydrogens is 1130 g/mol. The van der Waals surface area contributed by atoms with Crippen LogP contribution in [0.5, 0.6) is 0 Å². The molecule has 13 nitrogen and oxygen atoms in total. The molecule has 15 heteroatoms. The number of carbonyl (C=O) groups is 3. The zero-order valence-corrected chi connectivity index (χ0v) is 61.4. The average Bonchev–Trinajstić information content (AvgIpc) is 4.44. The minimum absolute atomic E-state index is 0.0359. The van der Waals surface area contributed by atoms with Crippen molar-refractivity contribution in [3.63, 3.8) is 0 Å². The Hall–Kier alpha value is -1.01. The van der Waals surface area contributed by atoms with Gasteiger partial charge in [-0.2, -0.15) is 24.4 Å². The first-order chi connectivity index (χ1) is 42.2. The molecule has 0 radical (unpaired) electrons. The smallest absolute Gasteiger partial charge is 0.320 e. The number of cyclic esters (lactones) is 1. The van der Waals surface area contributed by atoms with Crippen molar-refractivity contribution >= 4 is 42.1 Å². The normalized spacial score (nSPS) is 18.6. The van der Waals surface area contributed by atoms with Gasteiger partial charge in [-0.1, -0.05) is 169 Å². The molecule has 0 amide bonds. The number of rotatable bonds is 12. The van der Waals surface area contributed by atoms with Crippen LogP contribution < -0.4 is 16.0 Å². The predicted molar refractivity (Wildman–Crippen MR) is 384 cm³/mol. The molecule has 0 spiro atoms. The third-order valence-electron chi connectivity index (χ3n) is 14.5. The SMILES string of the molecule is C1CCCC1.C1CCCCC1.C1CCNCC1.C1CCNCC1.C1CCOC1.CCCCO.CCCCOC.CCCCS.CCCCSC.CN1CCCCC1.CNCC(=O)OC(C)(C)C.O=C1CCCCC1.O=C1CCCO1.OC1CCCCC1. The topological polar surface area (TPSA) is 168 Å². The molecule has 5 aliphatic heterocycles. The van der Waals surface area contributed by atoms with Gasteiger partial charge in [-0.15, -0.1) is 0 Å². The summed E-state index contributed by atoms with van der Waals surface area (Å²) in [6.07, 6.45) is 56.3. The highest BCUT2D eigenvalue weighted by Gasteiger charge is 2.15. The predicted octanol–water partition coefficient (Wildman–Crippen LogP) is 17.5. The molecule has 87 heavy (non-hydrogen) atoms. The maximum Gasteiger partial charge on any atom is 0.320 e. The number of hydrogen-bond acceptors (Lipinski definition) is 15. The van der Waals surface area contributed by atoms with Gasteiger partial charge in [-0.25, -0.2) is 0 Å². The molecule has 0 bridgehead atoms. The largest absolute Gasteiger partial charge is 0.466 e. The molecule has 4 aliphatic carbocycles. The van der Waals surface area contributed by atoms with Crippen LogP contribution in [0.1, 0.15) is 318 Å². The van der Waals surface area contributed by atoms with E-state index in [9.17, 15) is 14.4 Å². The number of esters is 2. The quantitative estimate of drug-likeness (QED) is 0.0620. The van der Waals surface area contributed by atoms with Gasteiger partial charge in [0.15, 0.2) is 0 Å². The van der Waals surface area contributed by atoms with E-state index in [1.807, 2.05) is 32.5 Å². The number of ketones is 1. The molecule has 0 unspecified atom stereocenters. The fourth-order valence-corrected chi connectivity index (χ4v) is 9.92. The summed E-state index contributed by atoms with van der Waals surface area (Å²) in [6, 6.07) is 0. The van der Waals surface area contributed by atoms with Gasteiger partial charge < -0.3 is 50.0 Å². The van der Waals surface area contributed by atoms with E-state index in [1.165, 1.54) is 250 Å². The summed E-state index contributed by atoms with van der Waals surface area (Å²) in [7, 11) is 5.64. The number of likely N-dealkylation sites (tertiary alicyclic amines) is 1. The highest BCUT2D eigenvalue weighted by atomic mass is 32.2. The van der Waals surface area contributed by atoms with Crippen molar-refractivity contribution in [1.29, 1.82) is 0 Å². The van der Waals surface area contributed by atoms with Gasteiger partial charge in [0.05, 0.1) is 19.3 Å². The van der Waals surface area contributed by atoms with E-state index < -0.39 is 0 Å². The fraction of sp³-hybridized carbons (Fsp3) is 0.958. The molecule has 0 aromatic rings. The fourth-order valence-electron chi connectivity index (χ4n) is 9.03. The summed E-state index contributed by atoms with van der Waals surface area (Å²) in [4.78, 5) is 33.7. The molecule has 5 saturated heterocycles. The molecular formula is C72H152N4O9S2. The highest BCUT2D eigenvalue weighted by molar-refractivity contribution is 7.98. The lowest BCUT2D eigenvalue weighted by Crippen LogP contribution is -2.29. The van der Waals surface area contributed by atoms with Gasteiger partial charge in [0.1, 0.15) is 11.4 Å². The van der Waals surface area contributed by atoms with Crippen LogP contribution >= 0.6 is 24.4 Å². The van der Waals surface area contributed by atoms with Crippen molar-refractivity contribution in [3.05, 3.63) is 0 Å². The van der Waals surface area contributed by atoms with Crippen LogP contribution in [0.15, 0.2) is 0 Å². The lowest BCUT2D eigenvalue weighted by Gasteiger charge is -2.20. The number of carbonyl (C=O) groups excluding carboxylic acids is 3. The highest BCUT2D eigenvalue weighted by Crippen LogP contribution is 2.17. The molecule has 0 aromatic heterocycles. The maximum absolute atomic E-state index is 10.8. The van der Waals surface area contributed by atoms with Crippen molar-refractivity contribution in [2.24, 2.45) is 0 Å². The van der Waals surface area contributed by atoms with Crippen LogP contribution in [0.3, 0.4) is 0 Å². The number of aliphatic hydroxyl groups excluding tert-OH is 2. The Labute approximate surface area is 551 Å². The van der Waals surface area contributed by atoms with E-state index in [0.717, 1.165) is 83.4 Å². The third-order valence-corrected chi connectivity index (χ3v) is 15.5. The first kappa shape index (κ1) is 94.7. The lowest BCUT2D eigenvalue weighted by atomic mass is 9.98. The molecule has 5 heterocycles. The maximum atomic E-state index is 10.8. The van der Waals surface area contributed by atoms with Gasteiger partial charge in [0.25, 0.3) is 0 Å². The minimum Gasteiger partial charge on any atom is -0.466 e. The Morgan fingerprint density at radius 2 is 1.03 bits per heavy atom. The molecule has 0 atom stereocenters. The number of ether oxygens (including phenoxy) is 4. The molecule has 0 aromatic carbocycles. The number of methoxy groups -OCH3 is 1. The second kappa shape index (κ2) is 85.0. The molecule has 526 valence electrons. The Morgan fingerprint density at radius 1 is 0.609 bits per heavy atom. The monoisotopic (exact) mass is 1280 g/mol. The number of thiol groups is 1. The number of nitrogens with zero attached hydrogens (tertiary/aromatic N) is 1. The number of unbranched alkanes of at least 4 members (excludes halogenated alkanes) is 4. The molecule has 5 N–H and O–H groups in total. The Kier molecular flexibility index (Phi) is 92.5. The zero-order valence-electron chi connectivity index (χ0n) is 59.7. The number of hydrogen-bond donors (Lipinski definition) is 6. The summed E-state index contributed by atoms with van der Waals surface area (Å²) in [6.45, 7) is 25.9. The van der Waals surface area contributed by atoms with E-state index in [4.69, 9.17) is 24.4 Å². The van der Waals surface area contributed by atoms with Gasteiger partial charge in [-0.3, -0.25) is 14.4 Å². The zero-order chi connectivity index (χ0) is 65.6. The first-order valence-corrected chi connectivity index (χ1v) is 38.3. The lowest BCUT2D eigenvalue weighted by molar-refractivity contribution is -0.153. The van der Waals surface area contributed by atoms with Gasteiger partial charge >= 0.3 is 11.9 Å². The van der Waals surface area contributed by atoms with E-state index in [0.29, 0.717) is 25.4 Å². The Bertz CT molecular complexity index is 1110. The van der Waals surface area contributed by atoms with Crippen LogP contribution in [0, 0.1) is 0 Å². The van der Waals surface area contributed by atoms with Crippen molar-refractivity contribution in [2.45, 2.75) is 330 Å². The summed E-state index contributed by atoms with van der Waals surface area (Å²) < 4.78 is 19.2. The molecule has 9 aliphatic rings. The number of likely N-dealkylation sites (N-methyl/N-ethyl adjacent to an activating group) is 1. The Balaban J connectivity index is -0.000000278. The van der Waals surface area contributed by atoms with Gasteiger partial charge in [0.2, 0.25) is 0 Å². The first-order valence-electron chi connectivity index (χ1n) is 36.3. The summed E-state index contributed by atoms with van der Waals surface area (Å²) in [5.74, 6) is 2.57. The van der Waals surface area contributed by atoms with Crippen LogP contribution in [-0.4, -0.2) is 162 Å². The number of thioether (sulfide) groups is 1. The van der Waals surface area contributed by atoms with Crippen molar-refractivity contribution in [3.8, 4) is 0 Å². The molecule has 4 saturated carbocycles. The van der Waals surface area contributed by atoms with Crippen molar-refractivity contribution in [1.82, 2.24) is 20.9 Å². The van der Waals surface area contributed by atoms with E-state index in [2.05, 4.69) is 79.2 Å². The van der Waals surface area contributed by atoms with Gasteiger partial charge in [0, 0.05) is 52.8 Å². The van der Waals surface area contributed by atoms with Crippen molar-refractivity contribution in [2.75, 3.05) is 118 Å². The summed E-state index contributed by atoms with van der Waals surface area (Å²) >= 11 is 5.93. The number of nitrogens with one attached hydrogen (secondary N) is 3. The average molecular weight is 1280 g/mol. The third kappa shape index (κ3) is 101. The Morgan fingerprint density at radius 3 is 1.21 bits per heavy atom. The van der Waals surface area contributed by atoms with Crippen molar-refractivity contribution < 1.29 is 43.5 Å². The van der Waals surface area contributed by atoms with Crippen LogP contribution in [0.25, 0.3) is 0 Å².